The summed E-state index contributed by atoms with van der Waals surface area (Å²) in [5.41, 5.74) is 6.64. The number of amides is 1. The van der Waals surface area contributed by atoms with Crippen LogP contribution in [0.4, 0.5) is 5.69 Å². The van der Waals surface area contributed by atoms with Crippen molar-refractivity contribution in [1.82, 2.24) is 4.90 Å². The molecule has 1 amide bonds. The molecule has 6 heteroatoms. The zero-order chi connectivity index (χ0) is 14.0. The number of anilines is 1. The summed E-state index contributed by atoms with van der Waals surface area (Å²) in [5.74, 6) is -0.759. The number of hydrogen-bond donors (Lipinski definition) is 2. The van der Waals surface area contributed by atoms with Gasteiger partial charge in [0.2, 0.25) is 0 Å². The number of carbonyl (C=O) groups excluding carboxylic acids is 1. The lowest BCUT2D eigenvalue weighted by Crippen LogP contribution is -2.45. The minimum atomic E-state index is -0.952. The third-order valence-corrected chi connectivity index (χ3v) is 4.57. The van der Waals surface area contributed by atoms with Crippen molar-refractivity contribution in [3.8, 4) is 0 Å². The van der Waals surface area contributed by atoms with Crippen molar-refractivity contribution in [3.05, 3.63) is 29.8 Å². The Bertz CT molecular complexity index is 489. The van der Waals surface area contributed by atoms with E-state index in [1.54, 1.807) is 24.3 Å². The van der Waals surface area contributed by atoms with Gasteiger partial charge in [-0.25, -0.2) is 4.79 Å². The maximum absolute atomic E-state index is 12.5. The molecule has 5 nitrogen and oxygen atoms in total. The normalized spacial score (nSPS) is 22.5. The van der Waals surface area contributed by atoms with Crippen LogP contribution in [0, 0.1) is 0 Å². The molecule has 2 rings (SSSR count). The molecule has 1 heterocycles. The van der Waals surface area contributed by atoms with Crippen molar-refractivity contribution >= 4 is 29.3 Å². The monoisotopic (exact) mass is 280 g/mol. The van der Waals surface area contributed by atoms with Gasteiger partial charge in [-0.15, -0.1) is 11.8 Å². The molecule has 0 aromatic heterocycles. The van der Waals surface area contributed by atoms with Gasteiger partial charge in [-0.1, -0.05) is 6.92 Å². The average Bonchev–Trinajstić information content (AvgIpc) is 2.82. The molecule has 2 atom stereocenters. The molecule has 2 unspecified atom stereocenters. The predicted molar refractivity (Wildman–Crippen MR) is 75.0 cm³/mol. The second-order valence-electron chi connectivity index (χ2n) is 4.38. The molecular weight excluding hydrogens is 264 g/mol. The van der Waals surface area contributed by atoms with Crippen molar-refractivity contribution in [3.63, 3.8) is 0 Å². The zero-order valence-corrected chi connectivity index (χ0v) is 11.4. The zero-order valence-electron chi connectivity index (χ0n) is 10.6. The Kier molecular flexibility index (Phi) is 3.99. The highest BCUT2D eigenvalue weighted by Gasteiger charge is 2.40. The minimum Gasteiger partial charge on any atom is -0.480 e. The number of aliphatic carboxylic acids is 1. The van der Waals surface area contributed by atoms with E-state index in [4.69, 9.17) is 5.73 Å². The van der Waals surface area contributed by atoms with Crippen LogP contribution in [0.2, 0.25) is 0 Å². The van der Waals surface area contributed by atoms with Gasteiger partial charge in [-0.3, -0.25) is 4.79 Å². The molecule has 1 fully saturated rings. The number of thioether (sulfide) groups is 1. The Morgan fingerprint density at radius 3 is 2.58 bits per heavy atom. The molecular formula is C13H16N2O3S. The molecule has 1 aromatic rings. The molecule has 0 bridgehead atoms. The van der Waals surface area contributed by atoms with Crippen LogP contribution in [0.1, 0.15) is 23.7 Å². The van der Waals surface area contributed by atoms with E-state index in [2.05, 4.69) is 0 Å². The number of nitrogens with two attached hydrogens (primary N) is 1. The third kappa shape index (κ3) is 2.68. The molecule has 0 aliphatic carbocycles. The van der Waals surface area contributed by atoms with Crippen molar-refractivity contribution in [2.45, 2.75) is 24.8 Å². The second-order valence-corrected chi connectivity index (χ2v) is 5.60. The van der Waals surface area contributed by atoms with Crippen LogP contribution in [-0.4, -0.2) is 39.1 Å². The standard InChI is InChI=1S/C13H16N2O3S/c1-2-11-15(10(7-19-11)13(17)18)12(16)8-3-5-9(14)6-4-8/h3-6,10-11H,2,7,14H2,1H3,(H,17,18). The summed E-state index contributed by atoms with van der Waals surface area (Å²) in [6, 6.07) is 5.80. The maximum Gasteiger partial charge on any atom is 0.327 e. The molecule has 1 aliphatic heterocycles. The summed E-state index contributed by atoms with van der Waals surface area (Å²) in [6.07, 6.45) is 0.731. The van der Waals surface area contributed by atoms with Crippen LogP contribution in [0.3, 0.4) is 0 Å². The summed E-state index contributed by atoms with van der Waals surface area (Å²) in [5, 5.41) is 9.13. The van der Waals surface area contributed by atoms with Gasteiger partial charge < -0.3 is 15.7 Å². The average molecular weight is 280 g/mol. The van der Waals surface area contributed by atoms with E-state index in [1.165, 1.54) is 16.7 Å². The number of nitrogen functional groups attached to an aromatic ring is 1. The Morgan fingerprint density at radius 2 is 2.05 bits per heavy atom. The lowest BCUT2D eigenvalue weighted by Gasteiger charge is -2.26. The number of carboxylic acid groups (broad SMARTS) is 1. The summed E-state index contributed by atoms with van der Waals surface area (Å²) < 4.78 is 0. The first-order valence-corrected chi connectivity index (χ1v) is 7.12. The topological polar surface area (TPSA) is 83.6 Å². The number of carboxylic acids is 1. The molecule has 1 aliphatic rings. The number of rotatable bonds is 3. The molecule has 0 saturated carbocycles. The lowest BCUT2D eigenvalue weighted by atomic mass is 10.1. The van der Waals surface area contributed by atoms with Crippen LogP contribution in [-0.2, 0) is 4.79 Å². The molecule has 0 spiro atoms. The maximum atomic E-state index is 12.5. The van der Waals surface area contributed by atoms with Crippen LogP contribution >= 0.6 is 11.8 Å². The second kappa shape index (κ2) is 5.52. The highest BCUT2D eigenvalue weighted by Crippen LogP contribution is 2.32. The molecule has 3 N–H and O–H groups in total. The van der Waals surface area contributed by atoms with Gasteiger partial charge >= 0.3 is 5.97 Å². The fraction of sp³-hybridized carbons (Fsp3) is 0.385. The van der Waals surface area contributed by atoms with Crippen molar-refractivity contribution < 1.29 is 14.7 Å². The van der Waals surface area contributed by atoms with E-state index in [0.717, 1.165) is 6.42 Å². The Labute approximate surface area is 115 Å². The molecule has 1 saturated heterocycles. The Balaban J connectivity index is 2.28. The number of carbonyl (C=O) groups is 2. The Morgan fingerprint density at radius 1 is 1.42 bits per heavy atom. The van der Waals surface area contributed by atoms with E-state index in [9.17, 15) is 14.7 Å². The summed E-state index contributed by atoms with van der Waals surface area (Å²) in [6.45, 7) is 1.95. The van der Waals surface area contributed by atoms with Crippen molar-refractivity contribution in [2.24, 2.45) is 0 Å². The number of hydrogen-bond acceptors (Lipinski definition) is 4. The first kappa shape index (κ1) is 13.7. The first-order valence-electron chi connectivity index (χ1n) is 6.07. The van der Waals surface area contributed by atoms with E-state index < -0.39 is 12.0 Å². The van der Waals surface area contributed by atoms with Crippen LogP contribution in [0.5, 0.6) is 0 Å². The summed E-state index contributed by atoms with van der Waals surface area (Å²) in [4.78, 5) is 25.2. The van der Waals surface area contributed by atoms with Gasteiger partial charge in [-0.2, -0.15) is 0 Å². The van der Waals surface area contributed by atoms with Gasteiger partial charge in [0.05, 0.1) is 5.37 Å². The van der Waals surface area contributed by atoms with Gasteiger partial charge in [-0.05, 0) is 30.7 Å². The molecule has 0 radical (unpaired) electrons. The van der Waals surface area contributed by atoms with E-state index >= 15 is 0 Å². The number of benzene rings is 1. The van der Waals surface area contributed by atoms with Gasteiger partial charge in [0.1, 0.15) is 6.04 Å². The molecule has 102 valence electrons. The number of nitrogens with zero attached hydrogens (tertiary/aromatic N) is 1. The van der Waals surface area contributed by atoms with Crippen LogP contribution in [0.15, 0.2) is 24.3 Å². The largest absolute Gasteiger partial charge is 0.480 e. The van der Waals surface area contributed by atoms with Crippen LogP contribution in [0.25, 0.3) is 0 Å². The predicted octanol–water partition coefficient (Wildman–Crippen LogP) is 1.65. The van der Waals surface area contributed by atoms with Gasteiger partial charge in [0.15, 0.2) is 0 Å². The molecule has 19 heavy (non-hydrogen) atoms. The lowest BCUT2D eigenvalue weighted by molar-refractivity contribution is -0.141. The van der Waals surface area contributed by atoms with Crippen molar-refractivity contribution in [2.75, 3.05) is 11.5 Å². The fourth-order valence-corrected chi connectivity index (χ4v) is 3.46. The third-order valence-electron chi connectivity index (χ3n) is 3.12. The summed E-state index contributed by atoms with van der Waals surface area (Å²) in [7, 11) is 0. The highest BCUT2D eigenvalue weighted by atomic mass is 32.2. The quantitative estimate of drug-likeness (QED) is 0.822. The smallest absolute Gasteiger partial charge is 0.327 e. The van der Waals surface area contributed by atoms with Gasteiger partial charge in [0.25, 0.3) is 5.91 Å². The molecule has 1 aromatic carbocycles. The van der Waals surface area contributed by atoms with E-state index in [0.29, 0.717) is 17.0 Å². The first-order chi connectivity index (χ1) is 9.04. The Hall–Kier alpha value is -1.69. The minimum absolute atomic E-state index is 0.0776. The van der Waals surface area contributed by atoms with Gasteiger partial charge in [0, 0.05) is 17.0 Å². The van der Waals surface area contributed by atoms with Crippen LogP contribution < -0.4 is 5.73 Å². The fourth-order valence-electron chi connectivity index (χ4n) is 2.12. The van der Waals surface area contributed by atoms with E-state index in [-0.39, 0.29) is 11.3 Å². The highest BCUT2D eigenvalue weighted by molar-refractivity contribution is 8.00. The van der Waals surface area contributed by atoms with Crippen molar-refractivity contribution in [1.29, 1.82) is 0 Å². The summed E-state index contributed by atoms with van der Waals surface area (Å²) >= 11 is 1.51. The SMILES string of the molecule is CCC1SCC(C(=O)O)N1C(=O)c1ccc(N)cc1. The van der Waals surface area contributed by atoms with E-state index in [1.807, 2.05) is 6.92 Å².